The van der Waals surface area contributed by atoms with E-state index in [-0.39, 0.29) is 5.91 Å². The van der Waals surface area contributed by atoms with E-state index in [2.05, 4.69) is 10.4 Å². The monoisotopic (exact) mass is 343 g/mol. The number of carbonyl (C=O) groups excluding carboxylic acids is 1. The zero-order valence-electron chi connectivity index (χ0n) is 15.1. The molecule has 5 fully saturated rings. The van der Waals surface area contributed by atoms with Crippen molar-refractivity contribution in [3.63, 3.8) is 0 Å². The SMILES string of the molecule is Cn1ncc(C(=O)NC2C3CC4CC(C3)CC2C4)c1OCC1CCC1. The van der Waals surface area contributed by atoms with Crippen molar-refractivity contribution in [2.75, 3.05) is 6.61 Å². The molecular formula is C20H29N3O2. The van der Waals surface area contributed by atoms with Gasteiger partial charge in [0.1, 0.15) is 5.56 Å². The summed E-state index contributed by atoms with van der Waals surface area (Å²) in [7, 11) is 1.86. The standard InChI is InChI=1S/C20H29N3O2/c1-23-20(25-11-12-3-2-4-12)17(10-21-23)19(24)22-18-15-6-13-5-14(8-15)9-16(18)7-13/h10,12-16,18H,2-9,11H2,1H3,(H,22,24). The second-order valence-electron chi connectivity index (χ2n) is 9.02. The molecule has 136 valence electrons. The normalized spacial score (nSPS) is 36.3. The van der Waals surface area contributed by atoms with Gasteiger partial charge in [0, 0.05) is 13.1 Å². The lowest BCUT2D eigenvalue weighted by Gasteiger charge is -2.54. The summed E-state index contributed by atoms with van der Waals surface area (Å²) in [5.41, 5.74) is 0.607. The molecule has 5 aliphatic rings. The molecular weight excluding hydrogens is 314 g/mol. The van der Waals surface area contributed by atoms with Crippen molar-refractivity contribution in [2.45, 2.75) is 57.4 Å². The van der Waals surface area contributed by atoms with Crippen LogP contribution in [0.2, 0.25) is 0 Å². The van der Waals surface area contributed by atoms with Gasteiger partial charge in [0.25, 0.3) is 5.91 Å². The Balaban J connectivity index is 1.28. The summed E-state index contributed by atoms with van der Waals surface area (Å²) in [6.45, 7) is 0.706. The first-order valence-electron chi connectivity index (χ1n) is 10.1. The molecule has 0 spiro atoms. The topological polar surface area (TPSA) is 56.2 Å². The summed E-state index contributed by atoms with van der Waals surface area (Å²) < 4.78 is 7.68. The molecule has 1 aromatic rings. The second kappa shape index (κ2) is 6.03. The number of amides is 1. The number of hydrogen-bond donors (Lipinski definition) is 1. The number of ether oxygens (including phenoxy) is 1. The van der Waals surface area contributed by atoms with Crippen LogP contribution in [-0.4, -0.2) is 28.3 Å². The predicted molar refractivity (Wildman–Crippen MR) is 94.3 cm³/mol. The van der Waals surface area contributed by atoms with Crippen molar-refractivity contribution >= 4 is 5.91 Å². The summed E-state index contributed by atoms with van der Waals surface area (Å²) in [6, 6.07) is 0.361. The van der Waals surface area contributed by atoms with Crippen LogP contribution >= 0.6 is 0 Å². The molecule has 0 saturated heterocycles. The summed E-state index contributed by atoms with van der Waals surface area (Å²) in [5, 5.41) is 7.65. The Hall–Kier alpha value is -1.52. The average Bonchev–Trinajstić information content (AvgIpc) is 2.90. The third-order valence-electron chi connectivity index (χ3n) is 7.33. The quantitative estimate of drug-likeness (QED) is 0.893. The smallest absolute Gasteiger partial charge is 0.258 e. The van der Waals surface area contributed by atoms with E-state index < -0.39 is 0 Å². The zero-order chi connectivity index (χ0) is 17.0. The highest BCUT2D eigenvalue weighted by atomic mass is 16.5. The molecule has 1 amide bonds. The molecule has 5 heteroatoms. The highest BCUT2D eigenvalue weighted by molar-refractivity contribution is 5.96. The summed E-state index contributed by atoms with van der Waals surface area (Å²) in [6.07, 6.45) is 12.2. The first kappa shape index (κ1) is 15.7. The lowest BCUT2D eigenvalue weighted by molar-refractivity contribution is -0.0120. The van der Waals surface area contributed by atoms with Gasteiger partial charge in [-0.2, -0.15) is 5.10 Å². The third kappa shape index (κ3) is 2.76. The predicted octanol–water partition coefficient (Wildman–Crippen LogP) is 3.15. The van der Waals surface area contributed by atoms with Crippen LogP contribution in [0.25, 0.3) is 0 Å². The van der Waals surface area contributed by atoms with Gasteiger partial charge < -0.3 is 10.1 Å². The molecule has 25 heavy (non-hydrogen) atoms. The van der Waals surface area contributed by atoms with Crippen LogP contribution in [0.4, 0.5) is 0 Å². The molecule has 1 N–H and O–H groups in total. The molecule has 0 radical (unpaired) electrons. The van der Waals surface area contributed by atoms with Gasteiger partial charge in [0.15, 0.2) is 0 Å². The molecule has 0 aromatic carbocycles. The Morgan fingerprint density at radius 3 is 2.48 bits per heavy atom. The van der Waals surface area contributed by atoms with E-state index in [1.54, 1.807) is 10.9 Å². The van der Waals surface area contributed by atoms with Gasteiger partial charge in [-0.25, -0.2) is 4.68 Å². The fraction of sp³-hybridized carbons (Fsp3) is 0.800. The van der Waals surface area contributed by atoms with Crippen LogP contribution < -0.4 is 10.1 Å². The van der Waals surface area contributed by atoms with Crippen molar-refractivity contribution in [3.8, 4) is 5.88 Å². The lowest BCUT2D eigenvalue weighted by atomic mass is 9.54. The van der Waals surface area contributed by atoms with Crippen LogP contribution in [0.1, 0.15) is 61.7 Å². The van der Waals surface area contributed by atoms with Gasteiger partial charge in [-0.15, -0.1) is 0 Å². The first-order chi connectivity index (χ1) is 12.2. The van der Waals surface area contributed by atoms with Crippen molar-refractivity contribution in [2.24, 2.45) is 36.6 Å². The number of carbonyl (C=O) groups is 1. The van der Waals surface area contributed by atoms with Crippen LogP contribution in [-0.2, 0) is 7.05 Å². The lowest BCUT2D eigenvalue weighted by Crippen LogP contribution is -2.55. The zero-order valence-corrected chi connectivity index (χ0v) is 15.1. The van der Waals surface area contributed by atoms with Gasteiger partial charge in [0.05, 0.1) is 12.8 Å². The first-order valence-corrected chi connectivity index (χ1v) is 10.1. The number of hydrogen-bond acceptors (Lipinski definition) is 3. The maximum absolute atomic E-state index is 13.0. The molecule has 5 saturated carbocycles. The number of aryl methyl sites for hydroxylation is 1. The Kier molecular flexibility index (Phi) is 3.79. The minimum Gasteiger partial charge on any atom is -0.477 e. The molecule has 5 aliphatic carbocycles. The van der Waals surface area contributed by atoms with Crippen molar-refractivity contribution in [3.05, 3.63) is 11.8 Å². The highest BCUT2D eigenvalue weighted by Gasteiger charge is 2.48. The van der Waals surface area contributed by atoms with Gasteiger partial charge >= 0.3 is 0 Å². The van der Waals surface area contributed by atoms with E-state index in [9.17, 15) is 4.79 Å². The number of nitrogens with one attached hydrogen (secondary N) is 1. The highest BCUT2D eigenvalue weighted by Crippen LogP contribution is 2.53. The Labute approximate surface area is 149 Å². The van der Waals surface area contributed by atoms with Gasteiger partial charge in [0.2, 0.25) is 5.88 Å². The van der Waals surface area contributed by atoms with E-state index in [0.717, 1.165) is 11.8 Å². The van der Waals surface area contributed by atoms with E-state index in [1.807, 2.05) is 7.05 Å². The molecule has 1 heterocycles. The number of rotatable bonds is 5. The van der Waals surface area contributed by atoms with Crippen molar-refractivity contribution in [1.82, 2.24) is 15.1 Å². The summed E-state index contributed by atoms with van der Waals surface area (Å²) >= 11 is 0. The van der Waals surface area contributed by atoms with E-state index in [1.165, 1.54) is 51.4 Å². The molecule has 6 rings (SSSR count). The summed E-state index contributed by atoms with van der Waals surface area (Å²) in [5.74, 6) is 4.52. The van der Waals surface area contributed by atoms with Gasteiger partial charge in [-0.05, 0) is 74.5 Å². The molecule has 0 atom stereocenters. The average molecular weight is 343 g/mol. The Bertz CT molecular complexity index is 636. The minimum absolute atomic E-state index is 0.00850. The molecule has 0 aliphatic heterocycles. The molecule has 0 unspecified atom stereocenters. The number of aromatic nitrogens is 2. The van der Waals surface area contributed by atoms with Gasteiger partial charge in [-0.1, -0.05) is 6.42 Å². The number of nitrogens with zero attached hydrogens (tertiary/aromatic N) is 2. The third-order valence-corrected chi connectivity index (χ3v) is 7.33. The summed E-state index contributed by atoms with van der Waals surface area (Å²) in [4.78, 5) is 13.0. The van der Waals surface area contributed by atoms with Crippen LogP contribution in [0.15, 0.2) is 6.20 Å². The van der Waals surface area contributed by atoms with Gasteiger partial charge in [-0.3, -0.25) is 4.79 Å². The fourth-order valence-corrected chi connectivity index (χ4v) is 6.00. The Morgan fingerprint density at radius 2 is 1.88 bits per heavy atom. The van der Waals surface area contributed by atoms with E-state index in [4.69, 9.17) is 4.74 Å². The minimum atomic E-state index is 0.00850. The molecule has 4 bridgehead atoms. The van der Waals surface area contributed by atoms with Crippen LogP contribution in [0, 0.1) is 29.6 Å². The molecule has 1 aromatic heterocycles. The second-order valence-corrected chi connectivity index (χ2v) is 9.02. The fourth-order valence-electron chi connectivity index (χ4n) is 6.00. The van der Waals surface area contributed by atoms with Crippen LogP contribution in [0.3, 0.4) is 0 Å². The molecule has 5 nitrogen and oxygen atoms in total. The maximum atomic E-state index is 13.0. The van der Waals surface area contributed by atoms with Crippen molar-refractivity contribution in [1.29, 1.82) is 0 Å². The largest absolute Gasteiger partial charge is 0.477 e. The maximum Gasteiger partial charge on any atom is 0.258 e. The van der Waals surface area contributed by atoms with E-state index in [0.29, 0.717) is 41.8 Å². The van der Waals surface area contributed by atoms with E-state index >= 15 is 0 Å². The Morgan fingerprint density at radius 1 is 1.20 bits per heavy atom. The van der Waals surface area contributed by atoms with Crippen LogP contribution in [0.5, 0.6) is 5.88 Å². The van der Waals surface area contributed by atoms with Crippen molar-refractivity contribution < 1.29 is 9.53 Å².